The second-order valence-electron chi connectivity index (χ2n) is 7.27. The first-order valence-corrected chi connectivity index (χ1v) is 10.7. The van der Waals surface area contributed by atoms with Crippen molar-refractivity contribution >= 4 is 46.8 Å². The van der Waals surface area contributed by atoms with E-state index >= 15 is 0 Å². The van der Waals surface area contributed by atoms with E-state index in [2.05, 4.69) is 0 Å². The van der Waals surface area contributed by atoms with Gasteiger partial charge in [-0.3, -0.25) is 0 Å². The van der Waals surface area contributed by atoms with Crippen molar-refractivity contribution in [2.45, 2.75) is 19.4 Å². The number of ether oxygens (including phenoxy) is 2. The number of hydrogen-bond donors (Lipinski definition) is 0. The number of amides is 1. The lowest BCUT2D eigenvalue weighted by Crippen LogP contribution is -2.46. The van der Waals surface area contributed by atoms with Crippen molar-refractivity contribution in [2.24, 2.45) is 0 Å². The largest absolute Gasteiger partial charge is 0.453 e. The van der Waals surface area contributed by atoms with Crippen molar-refractivity contribution < 1.29 is 18.6 Å². The Morgan fingerprint density at radius 3 is 2.84 bits per heavy atom. The third-order valence-electron chi connectivity index (χ3n) is 5.27. The second kappa shape index (κ2) is 9.12. The van der Waals surface area contributed by atoms with E-state index in [0.29, 0.717) is 53.3 Å². The number of carbonyl (C=O) groups is 1. The lowest BCUT2D eigenvalue weighted by molar-refractivity contribution is -0.0241. The van der Waals surface area contributed by atoms with E-state index < -0.39 is 0 Å². The number of methoxy groups -OCH3 is 1. The Balaban J connectivity index is 1.79. The molecule has 1 aliphatic rings. The first kappa shape index (κ1) is 22.0. The minimum Gasteiger partial charge on any atom is -0.453 e. The van der Waals surface area contributed by atoms with Crippen LogP contribution in [0.1, 0.15) is 11.3 Å². The summed E-state index contributed by atoms with van der Waals surface area (Å²) in [7, 11) is 1.37. The molecule has 1 atom stereocenters. The number of nitrogens with zero attached hydrogens (tertiary/aromatic N) is 3. The number of pyridine rings is 1. The molecule has 0 aliphatic carbocycles. The number of carbonyl (C=O) groups excluding carboxylic acids is 1. The third-order valence-corrected chi connectivity index (χ3v) is 5.98. The van der Waals surface area contributed by atoms with Gasteiger partial charge in [0.2, 0.25) is 0 Å². The number of imidazole rings is 1. The third kappa shape index (κ3) is 4.41. The van der Waals surface area contributed by atoms with Crippen LogP contribution in [0.25, 0.3) is 16.9 Å². The number of aryl methyl sites for hydroxylation is 1. The summed E-state index contributed by atoms with van der Waals surface area (Å²) in [5.41, 5.74) is 3.93. The molecule has 3 heterocycles. The monoisotopic (exact) mass is 483 g/mol. The van der Waals surface area contributed by atoms with Crippen LogP contribution >= 0.6 is 35.1 Å². The van der Waals surface area contributed by atoms with Gasteiger partial charge in [-0.2, -0.15) is 0 Å². The van der Waals surface area contributed by atoms with E-state index in [1.54, 1.807) is 29.2 Å². The molecule has 7 nitrogen and oxygen atoms in total. The number of fused-ring (bicyclic) bond motifs is 1. The molecular weight excluding hydrogens is 465 g/mol. The van der Waals surface area contributed by atoms with Gasteiger partial charge in [0.05, 0.1) is 42.8 Å². The lowest BCUT2D eigenvalue weighted by Gasteiger charge is -2.32. The van der Waals surface area contributed by atoms with Crippen molar-refractivity contribution in [3.63, 3.8) is 0 Å². The van der Waals surface area contributed by atoms with Crippen molar-refractivity contribution in [1.82, 2.24) is 14.3 Å². The van der Waals surface area contributed by atoms with Gasteiger partial charge < -0.3 is 23.1 Å². The number of morpholine rings is 1. The Bertz CT molecular complexity index is 1110. The van der Waals surface area contributed by atoms with Crippen LogP contribution in [-0.2, 0) is 15.9 Å². The molecule has 31 heavy (non-hydrogen) atoms. The molecule has 1 fully saturated rings. The summed E-state index contributed by atoms with van der Waals surface area (Å²) < 4.78 is 17.6. The van der Waals surface area contributed by atoms with Gasteiger partial charge in [-0.15, -0.1) is 0 Å². The van der Waals surface area contributed by atoms with E-state index in [1.165, 1.54) is 7.11 Å². The van der Waals surface area contributed by atoms with Crippen LogP contribution in [0.3, 0.4) is 0 Å². The van der Waals surface area contributed by atoms with E-state index in [9.17, 15) is 4.79 Å². The maximum absolute atomic E-state index is 12.0. The summed E-state index contributed by atoms with van der Waals surface area (Å²) in [5.74, 6) is 0.450. The summed E-state index contributed by atoms with van der Waals surface area (Å²) in [6.07, 6.45) is 1.78. The van der Waals surface area contributed by atoms with Crippen molar-refractivity contribution in [3.05, 3.63) is 51.8 Å². The highest BCUT2D eigenvalue weighted by molar-refractivity contribution is 6.33. The van der Waals surface area contributed by atoms with Gasteiger partial charge in [0.15, 0.2) is 0 Å². The minimum absolute atomic E-state index is 0.230. The normalized spacial score (nSPS) is 16.5. The molecule has 1 aromatic carbocycles. The zero-order chi connectivity index (χ0) is 22.1. The number of aromatic nitrogens is 2. The molecule has 2 aromatic heterocycles. The Morgan fingerprint density at radius 1 is 1.32 bits per heavy atom. The Kier molecular flexibility index (Phi) is 6.48. The van der Waals surface area contributed by atoms with Crippen LogP contribution in [0.2, 0.25) is 10.0 Å². The first-order valence-electron chi connectivity index (χ1n) is 9.61. The van der Waals surface area contributed by atoms with Crippen LogP contribution in [0.4, 0.5) is 4.79 Å². The number of hydrogen-bond acceptors (Lipinski definition) is 5. The van der Waals surface area contributed by atoms with Crippen molar-refractivity contribution in [1.29, 1.82) is 0 Å². The molecule has 1 saturated heterocycles. The predicted molar refractivity (Wildman–Crippen MR) is 119 cm³/mol. The minimum atomic E-state index is -0.367. The van der Waals surface area contributed by atoms with Crippen molar-refractivity contribution in [3.8, 4) is 17.0 Å². The zero-order valence-corrected chi connectivity index (χ0v) is 19.2. The van der Waals surface area contributed by atoms with Crippen LogP contribution < -0.4 is 4.29 Å². The summed E-state index contributed by atoms with van der Waals surface area (Å²) in [6.45, 7) is 3.25. The number of rotatable bonds is 4. The SMILES string of the molecule is COC(=O)N1CCOC(Cc2c(-c3c(C)cc(OCl)cc3Cl)nc3cc(Cl)ccn23)C1. The fraction of sp³-hybridized carbons (Fsp3) is 0.333. The molecule has 1 unspecified atom stereocenters. The van der Waals surface area contributed by atoms with Crippen molar-refractivity contribution in [2.75, 3.05) is 26.8 Å². The molecule has 4 rings (SSSR count). The van der Waals surface area contributed by atoms with Crippen LogP contribution in [0, 0.1) is 6.92 Å². The van der Waals surface area contributed by atoms with Gasteiger partial charge in [-0.25, -0.2) is 9.78 Å². The van der Waals surface area contributed by atoms with Gasteiger partial charge >= 0.3 is 6.09 Å². The zero-order valence-electron chi connectivity index (χ0n) is 16.9. The molecule has 1 amide bonds. The highest BCUT2D eigenvalue weighted by Crippen LogP contribution is 2.37. The molecule has 1 aliphatic heterocycles. The van der Waals surface area contributed by atoms with Gasteiger partial charge in [0.25, 0.3) is 0 Å². The summed E-state index contributed by atoms with van der Waals surface area (Å²) in [5, 5.41) is 1.04. The highest BCUT2D eigenvalue weighted by atomic mass is 35.5. The topological polar surface area (TPSA) is 65.3 Å². The van der Waals surface area contributed by atoms with Gasteiger partial charge in [0.1, 0.15) is 23.3 Å². The lowest BCUT2D eigenvalue weighted by atomic mass is 10.0. The Hall–Kier alpha value is -2.19. The second-order valence-corrected chi connectivity index (χ2v) is 8.27. The van der Waals surface area contributed by atoms with E-state index in [1.807, 2.05) is 17.5 Å². The van der Waals surface area contributed by atoms with E-state index in [-0.39, 0.29) is 12.2 Å². The molecule has 3 aromatic rings. The maximum atomic E-state index is 12.0. The molecule has 0 N–H and O–H groups in total. The smallest absolute Gasteiger partial charge is 0.409 e. The summed E-state index contributed by atoms with van der Waals surface area (Å²) in [4.78, 5) is 18.4. The highest BCUT2D eigenvalue weighted by Gasteiger charge is 2.28. The van der Waals surface area contributed by atoms with Gasteiger partial charge in [-0.1, -0.05) is 23.2 Å². The average Bonchev–Trinajstić information content (AvgIpc) is 3.09. The van der Waals surface area contributed by atoms with Gasteiger partial charge in [-0.05, 0) is 24.6 Å². The van der Waals surface area contributed by atoms with Crippen LogP contribution in [0.5, 0.6) is 5.75 Å². The summed E-state index contributed by atoms with van der Waals surface area (Å²) in [6, 6.07) is 7.03. The average molecular weight is 485 g/mol. The Labute approximate surface area is 194 Å². The molecule has 0 saturated carbocycles. The predicted octanol–water partition coefficient (Wildman–Crippen LogP) is 5.16. The standard InChI is InChI=1S/C21H20Cl3N3O4/c1-12-7-14(31-24)9-16(23)19(12)20-17(27-4-3-13(22)8-18(27)25-20)10-15-11-26(5-6-30-15)21(28)29-2/h3-4,7-9,15H,5-6,10-11H2,1-2H3. The van der Waals surface area contributed by atoms with Gasteiger partial charge in [0, 0.05) is 41.9 Å². The number of halogens is 3. The number of benzene rings is 1. The fourth-order valence-corrected chi connectivity index (χ4v) is 4.47. The molecule has 0 bridgehead atoms. The molecule has 0 radical (unpaired) electrons. The molecule has 10 heteroatoms. The Morgan fingerprint density at radius 2 is 2.13 bits per heavy atom. The molecule has 0 spiro atoms. The molecule has 164 valence electrons. The maximum Gasteiger partial charge on any atom is 0.409 e. The summed E-state index contributed by atoms with van der Waals surface area (Å²) >= 11 is 18.3. The van der Waals surface area contributed by atoms with E-state index in [4.69, 9.17) is 53.8 Å². The van der Waals surface area contributed by atoms with Crippen LogP contribution in [0.15, 0.2) is 30.5 Å². The quantitative estimate of drug-likeness (QED) is 0.512. The molecular formula is C21H20Cl3N3O4. The first-order chi connectivity index (χ1) is 14.9. The van der Waals surface area contributed by atoms with Crippen LogP contribution in [-0.4, -0.2) is 53.3 Å². The van der Waals surface area contributed by atoms with E-state index in [0.717, 1.165) is 16.8 Å². The fourth-order valence-electron chi connectivity index (χ4n) is 3.88.